The first-order valence-corrected chi connectivity index (χ1v) is 19.4. The van der Waals surface area contributed by atoms with Crippen molar-refractivity contribution < 1.29 is 9.47 Å². The number of aromatic nitrogens is 5. The van der Waals surface area contributed by atoms with Crippen LogP contribution in [0.2, 0.25) is 0 Å². The second-order valence-corrected chi connectivity index (χ2v) is 14.9. The second kappa shape index (κ2) is 20.8. The van der Waals surface area contributed by atoms with E-state index >= 15 is 0 Å². The summed E-state index contributed by atoms with van der Waals surface area (Å²) in [6, 6.07) is 5.37. The Morgan fingerprint density at radius 1 is 0.865 bits per heavy atom. The molecular formula is C43H52N6O2S. The van der Waals surface area contributed by atoms with Crippen molar-refractivity contribution in [1.29, 1.82) is 0 Å². The number of methoxy groups -OCH3 is 1. The number of terminal acetylenes is 1. The molecule has 0 aliphatic heterocycles. The van der Waals surface area contributed by atoms with E-state index in [9.17, 15) is 0 Å². The Labute approximate surface area is 314 Å². The maximum Gasteiger partial charge on any atom is 0.189 e. The van der Waals surface area contributed by atoms with Crippen molar-refractivity contribution in [1.82, 2.24) is 24.8 Å². The van der Waals surface area contributed by atoms with E-state index < -0.39 is 0 Å². The van der Waals surface area contributed by atoms with Crippen molar-refractivity contribution in [2.24, 2.45) is 0 Å². The Kier molecular flexibility index (Phi) is 15.9. The molecule has 9 heteroatoms. The van der Waals surface area contributed by atoms with Crippen LogP contribution in [-0.2, 0) is 5.41 Å². The minimum Gasteiger partial charge on any atom is -0.496 e. The van der Waals surface area contributed by atoms with E-state index in [4.69, 9.17) is 26.0 Å². The van der Waals surface area contributed by atoms with Crippen LogP contribution in [0, 0.1) is 48.1 Å². The maximum atomic E-state index is 5.71. The predicted octanol–water partition coefficient (Wildman–Crippen LogP) is 8.61. The largest absolute Gasteiger partial charge is 0.496 e. The third-order valence-electron chi connectivity index (χ3n) is 8.66. The average Bonchev–Trinajstić information content (AvgIpc) is 3.86. The van der Waals surface area contributed by atoms with Crippen LogP contribution in [0.4, 0.5) is 5.00 Å². The molecule has 1 aromatic carbocycles. The second-order valence-electron chi connectivity index (χ2n) is 13.8. The highest BCUT2D eigenvalue weighted by Gasteiger charge is 2.26. The molecule has 0 aliphatic carbocycles. The summed E-state index contributed by atoms with van der Waals surface area (Å²) >= 11 is 1.74. The molecule has 3 aromatic heterocycles. The van der Waals surface area contributed by atoms with Crippen LogP contribution >= 0.6 is 11.3 Å². The molecule has 4 rings (SSSR count). The molecule has 0 saturated carbocycles. The van der Waals surface area contributed by atoms with Crippen LogP contribution in [0.5, 0.6) is 11.5 Å². The van der Waals surface area contributed by atoms with Crippen molar-refractivity contribution in [2.75, 3.05) is 25.1 Å². The van der Waals surface area contributed by atoms with E-state index in [-0.39, 0.29) is 5.41 Å². The van der Waals surface area contributed by atoms with E-state index in [0.717, 1.165) is 29.0 Å². The number of hydrogen-bond acceptors (Lipinski definition) is 8. The number of hydrogen-bond donors (Lipinski definition) is 0. The van der Waals surface area contributed by atoms with Gasteiger partial charge in [-0.05, 0) is 54.9 Å². The summed E-state index contributed by atoms with van der Waals surface area (Å²) in [5.41, 5.74) is 1.97. The van der Waals surface area contributed by atoms with Gasteiger partial charge in [-0.1, -0.05) is 110 Å². The van der Waals surface area contributed by atoms with Crippen molar-refractivity contribution in [3.05, 3.63) is 40.3 Å². The lowest BCUT2D eigenvalue weighted by molar-refractivity contribution is 0.414. The maximum absolute atomic E-state index is 5.71. The van der Waals surface area contributed by atoms with Crippen molar-refractivity contribution in [3.63, 3.8) is 0 Å². The molecule has 0 aliphatic rings. The summed E-state index contributed by atoms with van der Waals surface area (Å²) in [4.78, 5) is 7.46. The van der Waals surface area contributed by atoms with Gasteiger partial charge in [-0.25, -0.2) is 4.98 Å². The fourth-order valence-corrected chi connectivity index (χ4v) is 6.85. The van der Waals surface area contributed by atoms with Gasteiger partial charge in [0.05, 0.1) is 24.6 Å². The molecule has 4 aromatic rings. The number of unbranched alkanes of at least 4 members (excludes halogenated alkanes) is 10. The first-order valence-electron chi connectivity index (χ1n) is 18.6. The fourth-order valence-electron chi connectivity index (χ4n) is 5.94. The van der Waals surface area contributed by atoms with Crippen LogP contribution in [-0.4, -0.2) is 45.0 Å². The standard InChI is InChI=1S/C43H52N6O2S/c1-8-11-14-17-20-23-28-48(29-24-21-18-15-12-9-2)39-33-44-38(52-39)32-36-40(43(4,5)6)47-49-41(45-46-42(36)49)35-31-34(26-27-37(35)50-7)51-30-25-22-19-16-13-10-3/h3,26-27,31-33H,8-9,11-12,14-15,17-18,20-21,23-24,28-29H2,1-2,4-7H3/b36-32-. The van der Waals surface area contributed by atoms with E-state index in [1.165, 1.54) is 82.1 Å². The van der Waals surface area contributed by atoms with Crippen LogP contribution in [0.3, 0.4) is 0 Å². The van der Waals surface area contributed by atoms with Gasteiger partial charge in [0.25, 0.3) is 0 Å². The van der Waals surface area contributed by atoms with Gasteiger partial charge in [0.2, 0.25) is 0 Å². The normalized spacial score (nSPS) is 11.2. The molecule has 3 heterocycles. The molecule has 0 fully saturated rings. The molecule has 0 atom stereocenters. The SMILES string of the molecule is C#CC#CC#CC#COc1ccc(OC)c(-c2nnc3/c(=C\c4ncc(N(CCCCCCCC)CCCCCCCC)s4)c(C(C)(C)C)nn23)c1. The number of benzene rings is 1. The van der Waals surface area contributed by atoms with Crippen molar-refractivity contribution in [3.8, 4) is 70.9 Å². The molecule has 8 nitrogen and oxygen atoms in total. The molecule has 0 unspecified atom stereocenters. The number of nitrogens with zero attached hydrogens (tertiary/aromatic N) is 6. The summed E-state index contributed by atoms with van der Waals surface area (Å²) in [6.45, 7) is 13.1. The van der Waals surface area contributed by atoms with Gasteiger partial charge in [-0.3, -0.25) is 0 Å². The highest BCUT2D eigenvalue weighted by molar-refractivity contribution is 7.16. The van der Waals surface area contributed by atoms with Gasteiger partial charge < -0.3 is 14.4 Å². The Morgan fingerprint density at radius 2 is 1.52 bits per heavy atom. The van der Waals surface area contributed by atoms with Gasteiger partial charge in [-0.2, -0.15) is 9.61 Å². The van der Waals surface area contributed by atoms with Crippen molar-refractivity contribution >= 4 is 28.1 Å². The molecule has 0 radical (unpaired) electrons. The molecule has 272 valence electrons. The zero-order valence-electron chi connectivity index (χ0n) is 31.8. The summed E-state index contributed by atoms with van der Waals surface area (Å²) in [6.07, 6.45) is 27.3. The Morgan fingerprint density at radius 3 is 2.17 bits per heavy atom. The third-order valence-corrected chi connectivity index (χ3v) is 9.66. The van der Waals surface area contributed by atoms with Gasteiger partial charge >= 0.3 is 0 Å². The lowest BCUT2D eigenvalue weighted by atomic mass is 9.91. The predicted molar refractivity (Wildman–Crippen MR) is 214 cm³/mol. The summed E-state index contributed by atoms with van der Waals surface area (Å²) in [5.74, 6) is 16.5. The minimum atomic E-state index is -0.262. The lowest BCUT2D eigenvalue weighted by Gasteiger charge is -2.22. The Balaban J connectivity index is 1.64. The highest BCUT2D eigenvalue weighted by atomic mass is 32.1. The summed E-state index contributed by atoms with van der Waals surface area (Å²) in [5, 5.41) is 17.3. The highest BCUT2D eigenvalue weighted by Crippen LogP contribution is 2.33. The number of anilines is 1. The third kappa shape index (κ3) is 11.5. The van der Waals surface area contributed by atoms with Gasteiger partial charge in [0.15, 0.2) is 11.5 Å². The first kappa shape index (κ1) is 39.8. The average molecular weight is 717 g/mol. The molecule has 0 saturated heterocycles. The molecule has 0 N–H and O–H groups in total. The molecule has 0 bridgehead atoms. The van der Waals surface area contributed by atoms with E-state index in [1.807, 2.05) is 6.20 Å². The number of rotatable bonds is 19. The van der Waals surface area contributed by atoms with E-state index in [2.05, 4.69) is 97.4 Å². The number of fused-ring (bicyclic) bond motifs is 1. The van der Waals surface area contributed by atoms with Crippen LogP contribution in [0.1, 0.15) is 122 Å². The van der Waals surface area contributed by atoms with Crippen molar-refractivity contribution in [2.45, 2.75) is 117 Å². The van der Waals surface area contributed by atoms with E-state index in [0.29, 0.717) is 28.5 Å². The quantitative estimate of drug-likeness (QED) is 0.0711. The smallest absolute Gasteiger partial charge is 0.189 e. The number of ether oxygens (including phenoxy) is 2. The monoisotopic (exact) mass is 716 g/mol. The van der Waals surface area contributed by atoms with Gasteiger partial charge in [0, 0.05) is 41.5 Å². The van der Waals surface area contributed by atoms with E-state index in [1.54, 1.807) is 41.2 Å². The molecular weight excluding hydrogens is 665 g/mol. The number of thiazole rings is 1. The summed E-state index contributed by atoms with van der Waals surface area (Å²) < 4.78 is 13.1. The van der Waals surface area contributed by atoms with Crippen LogP contribution < -0.4 is 19.6 Å². The first-order chi connectivity index (χ1) is 25.3. The molecule has 0 spiro atoms. The minimum absolute atomic E-state index is 0.262. The Hall–Kier alpha value is -4.96. The van der Waals surface area contributed by atoms with Crippen LogP contribution in [0.25, 0.3) is 23.1 Å². The van der Waals surface area contributed by atoms with Gasteiger partial charge in [-0.15, -0.1) is 16.6 Å². The zero-order chi connectivity index (χ0) is 37.2. The van der Waals surface area contributed by atoms with Gasteiger partial charge in [0.1, 0.15) is 27.6 Å². The lowest BCUT2D eigenvalue weighted by Crippen LogP contribution is -2.24. The summed E-state index contributed by atoms with van der Waals surface area (Å²) in [7, 11) is 1.62. The fraction of sp³-hybridized carbons (Fsp3) is 0.488. The van der Waals surface area contributed by atoms with Crippen LogP contribution in [0.15, 0.2) is 24.4 Å². The molecule has 52 heavy (non-hydrogen) atoms. The topological polar surface area (TPSA) is 77.7 Å². The zero-order valence-corrected chi connectivity index (χ0v) is 32.6. The Bertz CT molecular complexity index is 2020. The molecule has 0 amide bonds.